The number of esters is 2. The van der Waals surface area contributed by atoms with Crippen LogP contribution >= 0.6 is 0 Å². The Morgan fingerprint density at radius 3 is 1.11 bits per heavy atom. The molecule has 0 N–H and O–H groups in total. The Hall–Kier alpha value is -5.10. The number of anilines is 4. The molecule has 4 aromatic carbocycles. The van der Waals surface area contributed by atoms with Crippen molar-refractivity contribution in [2.45, 2.75) is 0 Å². The first-order valence-electron chi connectivity index (χ1n) is 12.2. The van der Waals surface area contributed by atoms with Gasteiger partial charge in [-0.05, 0) is 59.7 Å². The Balaban J connectivity index is 1.30. The molecule has 0 bridgehead atoms. The summed E-state index contributed by atoms with van der Waals surface area (Å²) in [5, 5.41) is 0. The predicted octanol–water partition coefficient (Wildman–Crippen LogP) is 6.46. The SMILES string of the molecule is CN(c1ccccc1)c1ccc(C2=C3OC(=O)C(c4ccc(N(C)c5ccccc5)cc4)=C3OC2=O)cc1. The molecule has 0 unspecified atom stereocenters. The van der Waals surface area contributed by atoms with Crippen molar-refractivity contribution in [2.24, 2.45) is 0 Å². The molecule has 2 aliphatic rings. The topological polar surface area (TPSA) is 59.1 Å². The Morgan fingerprint density at radius 2 is 0.763 bits per heavy atom. The number of benzene rings is 4. The van der Waals surface area contributed by atoms with Crippen LogP contribution in [0.1, 0.15) is 11.1 Å². The maximum absolute atomic E-state index is 12.9. The van der Waals surface area contributed by atoms with E-state index in [-0.39, 0.29) is 22.7 Å². The third kappa shape index (κ3) is 4.02. The second kappa shape index (κ2) is 9.41. The molecule has 6 nitrogen and oxygen atoms in total. The van der Waals surface area contributed by atoms with Gasteiger partial charge >= 0.3 is 11.9 Å². The largest absolute Gasteiger partial charge is 0.418 e. The molecule has 6 rings (SSSR count). The smallest absolute Gasteiger partial charge is 0.348 e. The van der Waals surface area contributed by atoms with Gasteiger partial charge < -0.3 is 19.3 Å². The number of hydrogen-bond donors (Lipinski definition) is 0. The highest BCUT2D eigenvalue weighted by Gasteiger charge is 2.43. The van der Waals surface area contributed by atoms with Gasteiger partial charge in [0.2, 0.25) is 0 Å². The van der Waals surface area contributed by atoms with Gasteiger partial charge in [0, 0.05) is 36.8 Å². The Labute approximate surface area is 220 Å². The number of hydrogen-bond acceptors (Lipinski definition) is 6. The van der Waals surface area contributed by atoms with Crippen molar-refractivity contribution in [3.63, 3.8) is 0 Å². The quantitative estimate of drug-likeness (QED) is 0.283. The van der Waals surface area contributed by atoms with Gasteiger partial charge in [0.05, 0.1) is 0 Å². The van der Waals surface area contributed by atoms with E-state index in [1.165, 1.54) is 0 Å². The van der Waals surface area contributed by atoms with Crippen LogP contribution in [-0.2, 0) is 19.1 Å². The number of nitrogens with zero attached hydrogens (tertiary/aromatic N) is 2. The van der Waals surface area contributed by atoms with E-state index in [0.717, 1.165) is 22.7 Å². The number of fused-ring (bicyclic) bond motifs is 1. The summed E-state index contributed by atoms with van der Waals surface area (Å²) >= 11 is 0. The highest BCUT2D eigenvalue weighted by molar-refractivity contribution is 6.29. The zero-order chi connectivity index (χ0) is 26.2. The first-order valence-corrected chi connectivity index (χ1v) is 12.2. The van der Waals surface area contributed by atoms with Crippen LogP contribution in [-0.4, -0.2) is 26.0 Å². The molecule has 38 heavy (non-hydrogen) atoms. The van der Waals surface area contributed by atoms with E-state index in [0.29, 0.717) is 11.1 Å². The Kier molecular flexibility index (Phi) is 5.77. The van der Waals surface area contributed by atoms with Gasteiger partial charge in [-0.25, -0.2) is 9.59 Å². The Morgan fingerprint density at radius 1 is 0.447 bits per heavy atom. The molecule has 0 saturated carbocycles. The summed E-state index contributed by atoms with van der Waals surface area (Å²) in [6.45, 7) is 0. The van der Waals surface area contributed by atoms with Gasteiger partial charge in [-0.2, -0.15) is 0 Å². The summed E-state index contributed by atoms with van der Waals surface area (Å²) in [5.74, 6) is -0.733. The van der Waals surface area contributed by atoms with E-state index in [4.69, 9.17) is 9.47 Å². The average molecular weight is 501 g/mol. The second-order valence-corrected chi connectivity index (χ2v) is 9.07. The lowest BCUT2D eigenvalue weighted by Crippen LogP contribution is -2.09. The summed E-state index contributed by atoms with van der Waals surface area (Å²) in [7, 11) is 3.95. The number of carbonyl (C=O) groups excluding carboxylic acids is 2. The first-order chi connectivity index (χ1) is 18.5. The van der Waals surface area contributed by atoms with E-state index in [1.807, 2.05) is 133 Å². The van der Waals surface area contributed by atoms with Gasteiger partial charge in [0.15, 0.2) is 11.5 Å². The number of rotatable bonds is 6. The molecule has 0 radical (unpaired) electrons. The second-order valence-electron chi connectivity index (χ2n) is 9.07. The molecule has 6 heteroatoms. The molecule has 186 valence electrons. The minimum atomic E-state index is -0.537. The highest BCUT2D eigenvalue weighted by Crippen LogP contribution is 2.44. The zero-order valence-corrected chi connectivity index (χ0v) is 20.9. The maximum atomic E-state index is 12.9. The molecule has 0 spiro atoms. The van der Waals surface area contributed by atoms with Crippen LogP contribution in [0.3, 0.4) is 0 Å². The lowest BCUT2D eigenvalue weighted by Gasteiger charge is -2.19. The molecule has 0 atom stereocenters. The molecule has 0 fully saturated rings. The minimum Gasteiger partial charge on any atom is -0.418 e. The molecule has 4 aromatic rings. The lowest BCUT2D eigenvalue weighted by molar-refractivity contribution is -0.131. The fraction of sp³-hybridized carbons (Fsp3) is 0.0625. The van der Waals surface area contributed by atoms with Crippen LogP contribution in [0.5, 0.6) is 0 Å². The van der Waals surface area contributed by atoms with Crippen molar-refractivity contribution in [1.29, 1.82) is 0 Å². The summed E-state index contributed by atoms with van der Waals surface area (Å²) in [6, 6.07) is 35.0. The molecule has 0 aromatic heterocycles. The van der Waals surface area contributed by atoms with Gasteiger partial charge in [0.25, 0.3) is 0 Å². The molecule has 0 saturated heterocycles. The normalized spacial score (nSPS) is 14.4. The molecule has 2 heterocycles. The van der Waals surface area contributed by atoms with E-state index >= 15 is 0 Å². The lowest BCUT2D eigenvalue weighted by atomic mass is 10.0. The van der Waals surface area contributed by atoms with Crippen molar-refractivity contribution < 1.29 is 19.1 Å². The van der Waals surface area contributed by atoms with Crippen molar-refractivity contribution in [2.75, 3.05) is 23.9 Å². The molecule has 0 amide bonds. The van der Waals surface area contributed by atoms with Crippen LogP contribution in [0.15, 0.2) is 121 Å². The zero-order valence-electron chi connectivity index (χ0n) is 20.9. The third-order valence-electron chi connectivity index (χ3n) is 6.83. The fourth-order valence-electron chi connectivity index (χ4n) is 4.70. The molecular weight excluding hydrogens is 476 g/mol. The van der Waals surface area contributed by atoms with Gasteiger partial charge in [0.1, 0.15) is 11.1 Å². The minimum absolute atomic E-state index is 0.171. The van der Waals surface area contributed by atoms with Crippen molar-refractivity contribution in [3.8, 4) is 0 Å². The van der Waals surface area contributed by atoms with Crippen molar-refractivity contribution in [1.82, 2.24) is 0 Å². The van der Waals surface area contributed by atoms with Crippen LogP contribution in [0.2, 0.25) is 0 Å². The average Bonchev–Trinajstić information content (AvgIpc) is 3.45. The van der Waals surface area contributed by atoms with Gasteiger partial charge in [-0.1, -0.05) is 60.7 Å². The predicted molar refractivity (Wildman–Crippen MR) is 148 cm³/mol. The van der Waals surface area contributed by atoms with Gasteiger partial charge in [-0.15, -0.1) is 0 Å². The monoisotopic (exact) mass is 500 g/mol. The highest BCUT2D eigenvalue weighted by atomic mass is 16.6. The van der Waals surface area contributed by atoms with E-state index in [1.54, 1.807) is 0 Å². The van der Waals surface area contributed by atoms with E-state index in [9.17, 15) is 9.59 Å². The van der Waals surface area contributed by atoms with Crippen molar-refractivity contribution in [3.05, 3.63) is 132 Å². The summed E-state index contributed by atoms with van der Waals surface area (Å²) in [5.41, 5.74) is 5.74. The Bertz CT molecular complexity index is 1470. The fourth-order valence-corrected chi connectivity index (χ4v) is 4.70. The summed E-state index contributed by atoms with van der Waals surface area (Å²) in [6.07, 6.45) is 0. The van der Waals surface area contributed by atoms with Crippen LogP contribution in [0.4, 0.5) is 22.7 Å². The standard InChI is InChI=1S/C32H24N2O4/c1-33(23-9-5-3-6-10-23)25-17-13-21(14-18-25)27-29-30(38-31(27)35)28(32(36)37-29)22-15-19-26(20-16-22)34(2)24-11-7-4-8-12-24/h3-20H,1-2H3. The summed E-state index contributed by atoms with van der Waals surface area (Å²) in [4.78, 5) is 29.9. The maximum Gasteiger partial charge on any atom is 0.348 e. The summed E-state index contributed by atoms with van der Waals surface area (Å²) < 4.78 is 11.2. The van der Waals surface area contributed by atoms with Crippen LogP contribution in [0, 0.1) is 0 Å². The van der Waals surface area contributed by atoms with Crippen molar-refractivity contribution >= 4 is 45.8 Å². The number of ether oxygens (including phenoxy) is 2. The first kappa shape index (κ1) is 23.3. The van der Waals surface area contributed by atoms with E-state index < -0.39 is 11.9 Å². The number of carbonyl (C=O) groups is 2. The van der Waals surface area contributed by atoms with Gasteiger partial charge in [-0.3, -0.25) is 0 Å². The van der Waals surface area contributed by atoms with E-state index in [2.05, 4.69) is 0 Å². The molecular formula is C32H24N2O4. The molecule has 0 aliphatic carbocycles. The number of para-hydroxylation sites is 2. The third-order valence-corrected chi connectivity index (χ3v) is 6.83. The molecule has 2 aliphatic heterocycles. The van der Waals surface area contributed by atoms with Crippen LogP contribution in [0.25, 0.3) is 11.1 Å². The van der Waals surface area contributed by atoms with Crippen LogP contribution < -0.4 is 9.80 Å².